The van der Waals surface area contributed by atoms with Gasteiger partial charge in [-0.05, 0) is 43.4 Å². The van der Waals surface area contributed by atoms with Crippen LogP contribution in [0.5, 0.6) is 0 Å². The highest BCUT2D eigenvalue weighted by atomic mass is 35.5. The maximum absolute atomic E-state index is 12.4. The number of hydrogen-bond acceptors (Lipinski definition) is 4. The molecule has 1 saturated heterocycles. The molecule has 1 unspecified atom stereocenters. The highest BCUT2D eigenvalue weighted by Gasteiger charge is 2.27. The summed E-state index contributed by atoms with van der Waals surface area (Å²) in [7, 11) is 0. The Balaban J connectivity index is 0.00000338. The highest BCUT2D eigenvalue weighted by molar-refractivity contribution is 5.98. The molecule has 0 aliphatic carbocycles. The Morgan fingerprint density at radius 2 is 1.81 bits per heavy atom. The van der Waals surface area contributed by atoms with Crippen LogP contribution in [0.2, 0.25) is 0 Å². The Morgan fingerprint density at radius 3 is 2.38 bits per heavy atom. The van der Waals surface area contributed by atoms with Gasteiger partial charge in [-0.1, -0.05) is 26.8 Å². The van der Waals surface area contributed by atoms with Gasteiger partial charge in [0.1, 0.15) is 0 Å². The van der Waals surface area contributed by atoms with Crippen LogP contribution in [-0.2, 0) is 14.3 Å². The lowest BCUT2D eigenvalue weighted by Gasteiger charge is -2.26. The predicted molar refractivity (Wildman–Crippen MR) is 107 cm³/mol. The minimum Gasteiger partial charge on any atom is -0.381 e. The lowest BCUT2D eigenvalue weighted by molar-refractivity contribution is -0.123. The summed E-state index contributed by atoms with van der Waals surface area (Å²) in [6, 6.07) is 4.90. The van der Waals surface area contributed by atoms with E-state index in [0.29, 0.717) is 24.6 Å². The van der Waals surface area contributed by atoms with Gasteiger partial charge in [0.25, 0.3) is 0 Å². The first kappa shape index (κ1) is 22.4. The number of nitrogens with one attached hydrogen (secondary N) is 2. The molecule has 26 heavy (non-hydrogen) atoms. The Hall–Kier alpha value is -1.63. The van der Waals surface area contributed by atoms with Gasteiger partial charge in [0, 0.05) is 30.0 Å². The molecule has 1 aromatic rings. The van der Waals surface area contributed by atoms with E-state index in [4.69, 9.17) is 10.5 Å². The first-order chi connectivity index (χ1) is 11.7. The smallest absolute Gasteiger partial charge is 0.241 e. The van der Waals surface area contributed by atoms with Crippen LogP contribution < -0.4 is 16.4 Å². The number of carbonyl (C=O) groups is 2. The molecule has 1 heterocycles. The molecule has 0 bridgehead atoms. The van der Waals surface area contributed by atoms with Crippen LogP contribution >= 0.6 is 12.4 Å². The molecular weight excluding hydrogens is 354 g/mol. The third-order valence-corrected chi connectivity index (χ3v) is 4.51. The first-order valence-electron chi connectivity index (χ1n) is 8.75. The van der Waals surface area contributed by atoms with Crippen LogP contribution in [0, 0.1) is 18.3 Å². The fourth-order valence-corrected chi connectivity index (χ4v) is 2.66. The number of hydrogen-bond donors (Lipinski definition) is 3. The molecule has 0 aromatic heterocycles. The van der Waals surface area contributed by atoms with E-state index >= 15 is 0 Å². The summed E-state index contributed by atoms with van der Waals surface area (Å²) < 4.78 is 5.31. The molecule has 1 atom stereocenters. The van der Waals surface area contributed by atoms with Gasteiger partial charge in [-0.3, -0.25) is 9.59 Å². The van der Waals surface area contributed by atoms with E-state index in [1.165, 1.54) is 0 Å². The Labute approximate surface area is 161 Å². The average molecular weight is 384 g/mol. The minimum absolute atomic E-state index is 0. The molecule has 0 saturated carbocycles. The number of aryl methyl sites for hydroxylation is 1. The van der Waals surface area contributed by atoms with Gasteiger partial charge in [0.05, 0.1) is 6.04 Å². The number of amides is 2. The van der Waals surface area contributed by atoms with Crippen molar-refractivity contribution in [3.8, 4) is 0 Å². The van der Waals surface area contributed by atoms with E-state index < -0.39 is 11.5 Å². The molecule has 1 aromatic carbocycles. The van der Waals surface area contributed by atoms with Crippen LogP contribution in [0.3, 0.4) is 0 Å². The monoisotopic (exact) mass is 383 g/mol. The van der Waals surface area contributed by atoms with Gasteiger partial charge in [-0.25, -0.2) is 0 Å². The highest BCUT2D eigenvalue weighted by Crippen LogP contribution is 2.24. The quantitative estimate of drug-likeness (QED) is 0.744. The van der Waals surface area contributed by atoms with Gasteiger partial charge in [0.2, 0.25) is 11.8 Å². The van der Waals surface area contributed by atoms with Crippen LogP contribution in [-0.4, -0.2) is 31.1 Å². The van der Waals surface area contributed by atoms with Crippen molar-refractivity contribution in [1.29, 1.82) is 0 Å². The topological polar surface area (TPSA) is 93.5 Å². The van der Waals surface area contributed by atoms with Crippen molar-refractivity contribution in [3.05, 3.63) is 23.8 Å². The number of ether oxygens (including phenoxy) is 1. The zero-order valence-electron chi connectivity index (χ0n) is 15.9. The van der Waals surface area contributed by atoms with Gasteiger partial charge in [0.15, 0.2) is 0 Å². The fourth-order valence-electron chi connectivity index (χ4n) is 2.66. The normalized spacial score (nSPS) is 16.3. The van der Waals surface area contributed by atoms with Crippen LogP contribution in [0.15, 0.2) is 18.2 Å². The summed E-state index contributed by atoms with van der Waals surface area (Å²) in [6.45, 7) is 8.79. The molecule has 2 rings (SSSR count). The van der Waals surface area contributed by atoms with E-state index in [9.17, 15) is 9.59 Å². The van der Waals surface area contributed by atoms with E-state index in [0.717, 1.165) is 18.4 Å². The molecule has 0 spiro atoms. The Morgan fingerprint density at radius 1 is 1.19 bits per heavy atom. The SMILES string of the molecule is Cc1ccc(NC(=O)C(N)C2CCOCC2)cc1NC(=O)C(C)(C)C.Cl. The molecular formula is C19H30ClN3O3. The maximum atomic E-state index is 12.4. The summed E-state index contributed by atoms with van der Waals surface area (Å²) in [5.41, 5.74) is 7.87. The zero-order valence-corrected chi connectivity index (χ0v) is 16.7. The van der Waals surface area contributed by atoms with Crippen LogP contribution in [0.4, 0.5) is 11.4 Å². The predicted octanol–water partition coefficient (Wildman–Crippen LogP) is 3.09. The average Bonchev–Trinajstić information content (AvgIpc) is 2.57. The third-order valence-electron chi connectivity index (χ3n) is 4.51. The van der Waals surface area contributed by atoms with Crippen molar-refractivity contribution >= 4 is 35.6 Å². The van der Waals surface area contributed by atoms with Gasteiger partial charge >= 0.3 is 0 Å². The second-order valence-corrected chi connectivity index (χ2v) is 7.70. The first-order valence-corrected chi connectivity index (χ1v) is 8.75. The van der Waals surface area contributed by atoms with E-state index in [1.807, 2.05) is 39.8 Å². The summed E-state index contributed by atoms with van der Waals surface area (Å²) >= 11 is 0. The van der Waals surface area contributed by atoms with Crippen LogP contribution in [0.25, 0.3) is 0 Å². The summed E-state index contributed by atoms with van der Waals surface area (Å²) in [5, 5.41) is 5.78. The number of halogens is 1. The van der Waals surface area contributed by atoms with Crippen molar-refractivity contribution in [2.45, 2.75) is 46.6 Å². The Bertz CT molecular complexity index is 637. The van der Waals surface area contributed by atoms with E-state index in [2.05, 4.69) is 10.6 Å². The number of carbonyl (C=O) groups excluding carboxylic acids is 2. The second-order valence-electron chi connectivity index (χ2n) is 7.70. The molecule has 1 fully saturated rings. The van der Waals surface area contributed by atoms with Gasteiger partial charge < -0.3 is 21.1 Å². The Kier molecular flexibility index (Phi) is 8.06. The number of rotatable bonds is 4. The van der Waals surface area contributed by atoms with Gasteiger partial charge in [-0.2, -0.15) is 0 Å². The molecule has 7 heteroatoms. The van der Waals surface area contributed by atoms with Crippen molar-refractivity contribution < 1.29 is 14.3 Å². The van der Waals surface area contributed by atoms with Crippen molar-refractivity contribution in [2.75, 3.05) is 23.8 Å². The molecule has 1 aliphatic rings. The molecule has 1 aliphatic heterocycles. The number of nitrogens with two attached hydrogens (primary N) is 1. The number of anilines is 2. The van der Waals surface area contributed by atoms with Gasteiger partial charge in [-0.15, -0.1) is 12.4 Å². The number of benzene rings is 1. The molecule has 146 valence electrons. The molecule has 0 radical (unpaired) electrons. The second kappa shape index (κ2) is 9.35. The lowest BCUT2D eigenvalue weighted by atomic mass is 9.92. The lowest BCUT2D eigenvalue weighted by Crippen LogP contribution is -2.44. The zero-order chi connectivity index (χ0) is 18.6. The molecule has 2 amide bonds. The largest absolute Gasteiger partial charge is 0.381 e. The van der Waals surface area contributed by atoms with E-state index in [1.54, 1.807) is 6.07 Å². The van der Waals surface area contributed by atoms with E-state index in [-0.39, 0.29) is 30.1 Å². The molecule has 6 nitrogen and oxygen atoms in total. The summed E-state index contributed by atoms with van der Waals surface area (Å²) in [6.07, 6.45) is 1.60. The van der Waals surface area contributed by atoms with Crippen molar-refractivity contribution in [2.24, 2.45) is 17.1 Å². The van der Waals surface area contributed by atoms with Crippen molar-refractivity contribution in [3.63, 3.8) is 0 Å². The van der Waals surface area contributed by atoms with Crippen molar-refractivity contribution in [1.82, 2.24) is 0 Å². The summed E-state index contributed by atoms with van der Waals surface area (Å²) in [4.78, 5) is 24.6. The standard InChI is InChI=1S/C19H29N3O3.ClH/c1-12-5-6-14(11-15(12)22-18(24)19(2,3)4)21-17(23)16(20)13-7-9-25-10-8-13;/h5-6,11,13,16H,7-10,20H2,1-4H3,(H,21,23)(H,22,24);1H. The minimum atomic E-state index is -0.558. The maximum Gasteiger partial charge on any atom is 0.241 e. The fraction of sp³-hybridized carbons (Fsp3) is 0.579. The molecule has 4 N–H and O–H groups in total. The van der Waals surface area contributed by atoms with Crippen LogP contribution in [0.1, 0.15) is 39.2 Å². The summed E-state index contributed by atoms with van der Waals surface area (Å²) in [5.74, 6) is -0.138. The third kappa shape index (κ3) is 5.97.